The van der Waals surface area contributed by atoms with Crippen LogP contribution in [0.5, 0.6) is 0 Å². The molecule has 134 valence electrons. The third kappa shape index (κ3) is 1870. The van der Waals surface area contributed by atoms with Crippen LogP contribution in [0.25, 0.3) is 0 Å². The van der Waals surface area contributed by atoms with Crippen molar-refractivity contribution in [3.05, 3.63) is 0 Å². The highest BCUT2D eigenvalue weighted by molar-refractivity contribution is 7.45. The molecule has 0 heterocycles. The standard InChI is InChI=1S/3Mg.2H3O4P.8H2O/c;;;2*1-5(2,3)4;;;;;;;;/h;;;2*(H3,1,2,3,4);8*1H2. The molecule has 0 bridgehead atoms. The molecule has 0 spiro atoms. The molecular weight excluding hydrogens is 391 g/mol. The van der Waals surface area contributed by atoms with Gasteiger partial charge in [-0.05, 0) is 0 Å². The minimum absolute atomic E-state index is 0. The molecule has 16 nitrogen and oxygen atoms in total. The third-order valence-corrected chi connectivity index (χ3v) is 0. The van der Waals surface area contributed by atoms with E-state index in [0.29, 0.717) is 0 Å². The second-order valence-electron chi connectivity index (χ2n) is 1.03. The smallest absolute Gasteiger partial charge is 0.412 e. The molecule has 0 aliphatic heterocycles. The van der Waals surface area contributed by atoms with E-state index >= 15 is 0 Å². The molecular formula is H22Mg3O16P2. The largest absolute Gasteiger partial charge is 0.466 e. The summed E-state index contributed by atoms with van der Waals surface area (Å²) in [6.45, 7) is 0. The minimum Gasteiger partial charge on any atom is -0.412 e. The van der Waals surface area contributed by atoms with E-state index in [-0.39, 0.29) is 113 Å². The minimum atomic E-state index is -4.64. The van der Waals surface area contributed by atoms with E-state index in [1.165, 1.54) is 0 Å². The average molecular weight is 413 g/mol. The average Bonchev–Trinajstić information content (AvgIpc) is 1.12. The summed E-state index contributed by atoms with van der Waals surface area (Å²) in [6.07, 6.45) is 0. The van der Waals surface area contributed by atoms with Gasteiger partial charge in [-0.25, -0.2) is 9.13 Å². The first-order chi connectivity index (χ1) is 4.00. The van der Waals surface area contributed by atoms with Gasteiger partial charge in [-0.3, -0.25) is 0 Å². The molecule has 21 heteroatoms. The van der Waals surface area contributed by atoms with Crippen molar-refractivity contribution in [3.8, 4) is 0 Å². The molecule has 0 aliphatic rings. The number of rotatable bonds is 0. The monoisotopic (exact) mass is 412 g/mol. The molecule has 0 atom stereocenters. The fraction of sp³-hybridized carbons (Fsp3) is 0. The molecule has 21 heavy (non-hydrogen) atoms. The Labute approximate surface area is 166 Å². The molecule has 0 unspecified atom stereocenters. The quantitative estimate of drug-likeness (QED) is 0.163. The van der Waals surface area contributed by atoms with Crippen LogP contribution >= 0.6 is 15.6 Å². The zero-order valence-electron chi connectivity index (χ0n) is 10.5. The summed E-state index contributed by atoms with van der Waals surface area (Å²) < 4.78 is 17.8. The van der Waals surface area contributed by atoms with Gasteiger partial charge < -0.3 is 73.2 Å². The first kappa shape index (κ1) is 110. The number of phosphoric acid groups is 2. The molecule has 0 fully saturated rings. The highest BCUT2D eigenvalue weighted by Crippen LogP contribution is 2.26. The summed E-state index contributed by atoms with van der Waals surface area (Å²) in [7, 11) is -9.28. The van der Waals surface area contributed by atoms with E-state index in [9.17, 15) is 0 Å². The Morgan fingerprint density at radius 1 is 0.381 bits per heavy atom. The summed E-state index contributed by atoms with van der Waals surface area (Å²) in [4.78, 5) is 43.1. The van der Waals surface area contributed by atoms with E-state index in [1.54, 1.807) is 0 Å². The Balaban J connectivity index is -0.00000000364. The molecule has 0 aliphatic carbocycles. The zero-order valence-corrected chi connectivity index (χ0v) is 16.5. The van der Waals surface area contributed by atoms with Crippen molar-refractivity contribution >= 4 is 84.8 Å². The highest BCUT2D eigenvalue weighted by Gasteiger charge is 2.00. The first-order valence-corrected chi connectivity index (χ1v) is 4.70. The Morgan fingerprint density at radius 3 is 0.381 bits per heavy atom. The van der Waals surface area contributed by atoms with Crippen molar-refractivity contribution in [2.24, 2.45) is 0 Å². The SMILES string of the molecule is O.O.O.O.O.O.O.O.O=P(O)(O)O.O=P(O)(O)O.[Mg].[Mg].[Mg]. The molecule has 0 amide bonds. The van der Waals surface area contributed by atoms with E-state index in [2.05, 4.69) is 0 Å². The fourth-order valence-corrected chi connectivity index (χ4v) is 0. The Bertz CT molecular complexity index is 134. The Kier molecular flexibility index (Phi) is 259. The summed E-state index contributed by atoms with van der Waals surface area (Å²) in [5.41, 5.74) is 0. The second-order valence-corrected chi connectivity index (χ2v) is 3.08. The lowest BCUT2D eigenvalue weighted by Gasteiger charge is -1.82. The topological polar surface area (TPSA) is 408 Å². The van der Waals surface area contributed by atoms with Crippen molar-refractivity contribution in [2.45, 2.75) is 0 Å². The molecule has 22 N–H and O–H groups in total. The zero-order chi connectivity index (χ0) is 9.00. The van der Waals surface area contributed by atoms with Gasteiger partial charge in [0.25, 0.3) is 0 Å². The van der Waals surface area contributed by atoms with Gasteiger partial charge in [0.15, 0.2) is 0 Å². The molecule has 0 saturated carbocycles. The van der Waals surface area contributed by atoms with Gasteiger partial charge in [-0.15, -0.1) is 0 Å². The van der Waals surface area contributed by atoms with Crippen molar-refractivity contribution in [2.75, 3.05) is 0 Å². The second kappa shape index (κ2) is 49.5. The summed E-state index contributed by atoms with van der Waals surface area (Å²) in [5, 5.41) is 0. The third-order valence-electron chi connectivity index (χ3n) is 0. The van der Waals surface area contributed by atoms with Crippen LogP contribution in [-0.4, -0.2) is 142 Å². The van der Waals surface area contributed by atoms with Gasteiger partial charge in [0.05, 0.1) is 0 Å². The number of hydrogen-bond donors (Lipinski definition) is 6. The van der Waals surface area contributed by atoms with E-state index in [1.807, 2.05) is 0 Å². The van der Waals surface area contributed by atoms with Gasteiger partial charge in [0.1, 0.15) is 0 Å². The van der Waals surface area contributed by atoms with E-state index in [4.69, 9.17) is 38.5 Å². The molecule has 6 radical (unpaired) electrons. The van der Waals surface area contributed by atoms with E-state index < -0.39 is 15.6 Å². The molecule has 0 rings (SSSR count). The van der Waals surface area contributed by atoms with Gasteiger partial charge in [-0.2, -0.15) is 0 Å². The van der Waals surface area contributed by atoms with Crippen molar-refractivity contribution in [1.82, 2.24) is 0 Å². The van der Waals surface area contributed by atoms with Crippen LogP contribution in [0.1, 0.15) is 0 Å². The predicted molar refractivity (Wildman–Crippen MR) is 74.7 cm³/mol. The van der Waals surface area contributed by atoms with Crippen LogP contribution in [0.4, 0.5) is 0 Å². The van der Waals surface area contributed by atoms with Crippen molar-refractivity contribution < 1.29 is 82.3 Å². The summed E-state index contributed by atoms with van der Waals surface area (Å²) in [6, 6.07) is 0. The summed E-state index contributed by atoms with van der Waals surface area (Å²) >= 11 is 0. The maximum absolute atomic E-state index is 8.88. The van der Waals surface area contributed by atoms with Gasteiger partial charge in [0.2, 0.25) is 0 Å². The first-order valence-electron chi connectivity index (χ1n) is 1.57. The molecule has 0 aromatic carbocycles. The fourth-order valence-electron chi connectivity index (χ4n) is 0. The Morgan fingerprint density at radius 2 is 0.381 bits per heavy atom. The van der Waals surface area contributed by atoms with Crippen LogP contribution in [-0.2, 0) is 9.13 Å². The Hall–Kier alpha value is 2.20. The van der Waals surface area contributed by atoms with Crippen LogP contribution < -0.4 is 0 Å². The van der Waals surface area contributed by atoms with Crippen LogP contribution in [0.2, 0.25) is 0 Å². The number of hydrogen-bond acceptors (Lipinski definition) is 2. The van der Waals surface area contributed by atoms with Crippen LogP contribution in [0, 0.1) is 0 Å². The molecule has 0 saturated heterocycles. The lowest BCUT2D eigenvalue weighted by Crippen LogP contribution is -1.66. The lowest BCUT2D eigenvalue weighted by molar-refractivity contribution is 0.272. The normalized spacial score (nSPS) is 5.62. The maximum Gasteiger partial charge on any atom is 0.466 e. The summed E-state index contributed by atoms with van der Waals surface area (Å²) in [5.74, 6) is 0. The predicted octanol–water partition coefficient (Wildman–Crippen LogP) is -9.60. The van der Waals surface area contributed by atoms with Crippen LogP contribution in [0.3, 0.4) is 0 Å². The highest BCUT2D eigenvalue weighted by atomic mass is 31.2. The molecule has 0 aromatic heterocycles. The lowest BCUT2D eigenvalue weighted by atomic mass is 15.8. The van der Waals surface area contributed by atoms with Crippen molar-refractivity contribution in [1.29, 1.82) is 0 Å². The van der Waals surface area contributed by atoms with Gasteiger partial charge in [-0.1, -0.05) is 0 Å². The van der Waals surface area contributed by atoms with Gasteiger partial charge >= 0.3 is 15.6 Å². The maximum atomic E-state index is 8.88. The van der Waals surface area contributed by atoms with E-state index in [0.717, 1.165) is 0 Å². The van der Waals surface area contributed by atoms with Gasteiger partial charge in [0, 0.05) is 69.2 Å². The molecule has 0 aromatic rings. The van der Waals surface area contributed by atoms with Crippen LogP contribution in [0.15, 0.2) is 0 Å². The van der Waals surface area contributed by atoms with Crippen molar-refractivity contribution in [3.63, 3.8) is 0 Å².